The van der Waals surface area contributed by atoms with Crippen molar-refractivity contribution in [3.63, 3.8) is 0 Å². The van der Waals surface area contributed by atoms with Gasteiger partial charge >= 0.3 is 5.97 Å². The van der Waals surface area contributed by atoms with Crippen LogP contribution in [-0.2, 0) is 11.3 Å². The Bertz CT molecular complexity index is 901. The first kappa shape index (κ1) is 18.2. The summed E-state index contributed by atoms with van der Waals surface area (Å²) >= 11 is 7.26. The van der Waals surface area contributed by atoms with Crippen molar-refractivity contribution in [2.75, 3.05) is 11.9 Å². The summed E-state index contributed by atoms with van der Waals surface area (Å²) < 4.78 is 11.3. The molecule has 0 unspecified atom stereocenters. The number of pyridine rings is 1. The standard InChI is InChI=1S/C18H16ClN3O3S/c1-2-24-17(23)12-6-7-20-16(8-12)25-14-5-3-4-13(9-14)21-10-15-11-22-18(19)26-15/h3-9,11,21H,2,10H2,1H3. The lowest BCUT2D eigenvalue weighted by Gasteiger charge is -2.09. The molecule has 0 saturated heterocycles. The number of aromatic nitrogens is 2. The topological polar surface area (TPSA) is 73.3 Å². The molecule has 2 aromatic heterocycles. The van der Waals surface area contributed by atoms with Gasteiger partial charge in [0.2, 0.25) is 5.88 Å². The Morgan fingerprint density at radius 1 is 1.27 bits per heavy atom. The molecular formula is C18H16ClN3O3S. The van der Waals surface area contributed by atoms with Crippen molar-refractivity contribution in [1.29, 1.82) is 0 Å². The molecule has 26 heavy (non-hydrogen) atoms. The van der Waals surface area contributed by atoms with Crippen LogP contribution >= 0.6 is 22.9 Å². The van der Waals surface area contributed by atoms with Gasteiger partial charge in [0.25, 0.3) is 0 Å². The lowest BCUT2D eigenvalue weighted by atomic mass is 10.2. The van der Waals surface area contributed by atoms with E-state index in [1.54, 1.807) is 25.3 Å². The molecule has 0 atom stereocenters. The second-order valence-electron chi connectivity index (χ2n) is 5.17. The van der Waals surface area contributed by atoms with Crippen molar-refractivity contribution in [3.05, 3.63) is 63.7 Å². The molecule has 0 saturated carbocycles. The van der Waals surface area contributed by atoms with Crippen LogP contribution in [0.3, 0.4) is 0 Å². The number of nitrogens with one attached hydrogen (secondary N) is 1. The molecule has 6 nitrogen and oxygen atoms in total. The Kier molecular flexibility index (Phi) is 6.04. The first-order valence-electron chi connectivity index (χ1n) is 7.89. The summed E-state index contributed by atoms with van der Waals surface area (Å²) in [6.45, 7) is 2.69. The van der Waals surface area contributed by atoms with Crippen molar-refractivity contribution in [2.45, 2.75) is 13.5 Å². The number of anilines is 1. The summed E-state index contributed by atoms with van der Waals surface area (Å²) in [6, 6.07) is 10.6. The number of rotatable bonds is 7. The number of ether oxygens (including phenoxy) is 2. The van der Waals surface area contributed by atoms with Crippen LogP contribution in [0, 0.1) is 0 Å². The Morgan fingerprint density at radius 3 is 2.92 bits per heavy atom. The van der Waals surface area contributed by atoms with Gasteiger partial charge in [0.1, 0.15) is 5.75 Å². The zero-order chi connectivity index (χ0) is 18.4. The van der Waals surface area contributed by atoms with Crippen LogP contribution < -0.4 is 10.1 Å². The van der Waals surface area contributed by atoms with Gasteiger partial charge < -0.3 is 14.8 Å². The van der Waals surface area contributed by atoms with Crippen molar-refractivity contribution in [3.8, 4) is 11.6 Å². The maximum Gasteiger partial charge on any atom is 0.338 e. The van der Waals surface area contributed by atoms with Crippen LogP contribution in [0.5, 0.6) is 11.6 Å². The van der Waals surface area contributed by atoms with Crippen LogP contribution in [0.15, 0.2) is 48.8 Å². The minimum atomic E-state index is -0.404. The second kappa shape index (κ2) is 8.64. The fourth-order valence-corrected chi connectivity index (χ4v) is 3.07. The van der Waals surface area contributed by atoms with Crippen LogP contribution in [0.1, 0.15) is 22.2 Å². The third kappa shape index (κ3) is 4.93. The average molecular weight is 390 g/mol. The predicted octanol–water partition coefficient (Wildman–Crippen LogP) is 4.77. The maximum atomic E-state index is 11.8. The van der Waals surface area contributed by atoms with E-state index in [2.05, 4.69) is 15.3 Å². The number of thiazole rings is 1. The first-order chi connectivity index (χ1) is 12.6. The third-order valence-corrected chi connectivity index (χ3v) is 4.41. The SMILES string of the molecule is CCOC(=O)c1ccnc(Oc2cccc(NCc3cnc(Cl)s3)c2)c1. The van der Waals surface area contributed by atoms with E-state index >= 15 is 0 Å². The third-order valence-electron chi connectivity index (χ3n) is 3.29. The van der Waals surface area contributed by atoms with E-state index in [-0.39, 0.29) is 0 Å². The van der Waals surface area contributed by atoms with Gasteiger partial charge in [-0.2, -0.15) is 0 Å². The first-order valence-corrected chi connectivity index (χ1v) is 9.08. The summed E-state index contributed by atoms with van der Waals surface area (Å²) in [5, 5.41) is 3.28. The van der Waals surface area contributed by atoms with Gasteiger partial charge in [-0.05, 0) is 25.1 Å². The van der Waals surface area contributed by atoms with Crippen LogP contribution in [0.4, 0.5) is 5.69 Å². The van der Waals surface area contributed by atoms with Gasteiger partial charge in [-0.3, -0.25) is 0 Å². The number of esters is 1. The highest BCUT2D eigenvalue weighted by molar-refractivity contribution is 7.15. The fourth-order valence-electron chi connectivity index (χ4n) is 2.15. The molecule has 3 aromatic rings. The lowest BCUT2D eigenvalue weighted by molar-refractivity contribution is 0.0526. The molecule has 0 amide bonds. The van der Waals surface area contributed by atoms with Crippen LogP contribution in [-0.4, -0.2) is 22.5 Å². The number of hydrogen-bond acceptors (Lipinski definition) is 7. The van der Waals surface area contributed by atoms with Crippen molar-refractivity contribution < 1.29 is 14.3 Å². The molecule has 0 aliphatic rings. The van der Waals surface area contributed by atoms with Crippen LogP contribution in [0.2, 0.25) is 4.47 Å². The summed E-state index contributed by atoms with van der Waals surface area (Å²) in [4.78, 5) is 21.0. The summed E-state index contributed by atoms with van der Waals surface area (Å²) in [5.74, 6) is 0.520. The van der Waals surface area contributed by atoms with Crippen LogP contribution in [0.25, 0.3) is 0 Å². The molecule has 0 aliphatic heterocycles. The zero-order valence-corrected chi connectivity index (χ0v) is 15.5. The van der Waals surface area contributed by atoms with E-state index in [9.17, 15) is 4.79 Å². The summed E-state index contributed by atoms with van der Waals surface area (Å²) in [7, 11) is 0. The monoisotopic (exact) mass is 389 g/mol. The number of carbonyl (C=O) groups is 1. The Hall–Kier alpha value is -2.64. The summed E-state index contributed by atoms with van der Waals surface area (Å²) in [5.41, 5.74) is 1.28. The molecule has 0 radical (unpaired) electrons. The molecule has 0 fully saturated rings. The Balaban J connectivity index is 1.66. The van der Waals surface area contributed by atoms with Crippen molar-refractivity contribution in [2.24, 2.45) is 0 Å². The molecule has 1 N–H and O–H groups in total. The van der Waals surface area contributed by atoms with E-state index in [0.29, 0.717) is 34.8 Å². The molecule has 3 rings (SSSR count). The minimum Gasteiger partial charge on any atom is -0.462 e. The van der Waals surface area contributed by atoms with E-state index < -0.39 is 5.97 Å². The minimum absolute atomic E-state index is 0.316. The van der Waals surface area contributed by atoms with Gasteiger partial charge in [0.05, 0.1) is 18.7 Å². The molecule has 1 aromatic carbocycles. The quantitative estimate of drug-likeness (QED) is 0.586. The highest BCUT2D eigenvalue weighted by Gasteiger charge is 2.09. The predicted molar refractivity (Wildman–Crippen MR) is 101 cm³/mol. The molecule has 8 heteroatoms. The molecule has 2 heterocycles. The van der Waals surface area contributed by atoms with Gasteiger partial charge in [-0.1, -0.05) is 17.7 Å². The molecular weight excluding hydrogens is 374 g/mol. The smallest absolute Gasteiger partial charge is 0.338 e. The molecule has 134 valence electrons. The number of nitrogens with zero attached hydrogens (tertiary/aromatic N) is 2. The number of hydrogen-bond donors (Lipinski definition) is 1. The number of carbonyl (C=O) groups excluding carboxylic acids is 1. The molecule has 0 bridgehead atoms. The highest BCUT2D eigenvalue weighted by Crippen LogP contribution is 2.25. The van der Waals surface area contributed by atoms with E-state index in [0.717, 1.165) is 10.6 Å². The van der Waals surface area contributed by atoms with Crippen molar-refractivity contribution in [1.82, 2.24) is 9.97 Å². The number of benzene rings is 1. The van der Waals surface area contributed by atoms with Gasteiger partial charge in [0.15, 0.2) is 4.47 Å². The zero-order valence-electron chi connectivity index (χ0n) is 13.9. The highest BCUT2D eigenvalue weighted by atomic mass is 35.5. The number of halogens is 1. The van der Waals surface area contributed by atoms with E-state index in [1.807, 2.05) is 24.3 Å². The Labute approximate surface area is 159 Å². The van der Waals surface area contributed by atoms with E-state index in [1.165, 1.54) is 17.5 Å². The van der Waals surface area contributed by atoms with Gasteiger partial charge in [-0.15, -0.1) is 11.3 Å². The summed E-state index contributed by atoms with van der Waals surface area (Å²) in [6.07, 6.45) is 3.25. The van der Waals surface area contributed by atoms with Crippen molar-refractivity contribution >= 4 is 34.6 Å². The molecule has 0 aliphatic carbocycles. The maximum absolute atomic E-state index is 11.8. The largest absolute Gasteiger partial charge is 0.462 e. The van der Waals surface area contributed by atoms with E-state index in [4.69, 9.17) is 21.1 Å². The fraction of sp³-hybridized carbons (Fsp3) is 0.167. The molecule has 0 spiro atoms. The normalized spacial score (nSPS) is 10.4. The van der Waals surface area contributed by atoms with Gasteiger partial charge in [0, 0.05) is 35.1 Å². The average Bonchev–Trinajstić information content (AvgIpc) is 3.06. The Morgan fingerprint density at radius 2 is 2.15 bits per heavy atom. The lowest BCUT2D eigenvalue weighted by Crippen LogP contribution is -2.05. The van der Waals surface area contributed by atoms with Gasteiger partial charge in [-0.25, -0.2) is 14.8 Å². The second-order valence-corrected chi connectivity index (χ2v) is 6.86.